The van der Waals surface area contributed by atoms with Gasteiger partial charge in [-0.3, -0.25) is 9.69 Å². The first-order valence-corrected chi connectivity index (χ1v) is 11.3. The molecule has 2 heterocycles. The summed E-state index contributed by atoms with van der Waals surface area (Å²) in [6.07, 6.45) is -3.26. The molecule has 5 rings (SSSR count). The number of amides is 1. The van der Waals surface area contributed by atoms with E-state index in [-0.39, 0.29) is 18.8 Å². The third-order valence-corrected chi connectivity index (χ3v) is 6.09. The molecule has 0 fully saturated rings. The SMILES string of the molecule is O=C1N(CCc2c[nH]c3ccc(OCc4ccccc4)cc23)C(c2ccccc2)=NC1(O)C(F)(F)F. The van der Waals surface area contributed by atoms with Crippen LogP contribution in [0.2, 0.25) is 0 Å². The lowest BCUT2D eigenvalue weighted by atomic mass is 10.1. The van der Waals surface area contributed by atoms with Crippen molar-refractivity contribution in [2.45, 2.75) is 24.9 Å². The number of hydrogen-bond donors (Lipinski definition) is 2. The minimum absolute atomic E-state index is 0.104. The first-order valence-electron chi connectivity index (χ1n) is 11.3. The quantitative estimate of drug-likeness (QED) is 0.387. The molecule has 0 bridgehead atoms. The summed E-state index contributed by atoms with van der Waals surface area (Å²) in [6, 6.07) is 23.3. The molecule has 2 N–H and O–H groups in total. The number of H-pyrrole nitrogens is 1. The molecule has 1 atom stereocenters. The fourth-order valence-electron chi connectivity index (χ4n) is 4.17. The molecule has 36 heavy (non-hydrogen) atoms. The Balaban J connectivity index is 1.38. The smallest absolute Gasteiger partial charge is 0.448 e. The third kappa shape index (κ3) is 4.33. The van der Waals surface area contributed by atoms with Crippen LogP contribution >= 0.6 is 0 Å². The number of nitrogens with one attached hydrogen (secondary N) is 1. The van der Waals surface area contributed by atoms with E-state index in [1.165, 1.54) is 0 Å². The molecule has 1 amide bonds. The maximum atomic E-state index is 13.6. The summed E-state index contributed by atoms with van der Waals surface area (Å²) in [6.45, 7) is 0.286. The van der Waals surface area contributed by atoms with Gasteiger partial charge in [0.15, 0.2) is 0 Å². The fourth-order valence-corrected chi connectivity index (χ4v) is 4.17. The molecule has 3 aromatic carbocycles. The number of aromatic amines is 1. The van der Waals surface area contributed by atoms with Gasteiger partial charge >= 0.3 is 11.9 Å². The van der Waals surface area contributed by atoms with Crippen LogP contribution in [0.15, 0.2) is 90.1 Å². The highest BCUT2D eigenvalue weighted by Gasteiger charge is 2.65. The van der Waals surface area contributed by atoms with Crippen molar-refractivity contribution >= 4 is 22.6 Å². The van der Waals surface area contributed by atoms with Gasteiger partial charge in [-0.05, 0) is 35.7 Å². The number of aliphatic imine (C=N–C) groups is 1. The second-order valence-corrected chi connectivity index (χ2v) is 8.47. The molecule has 6 nitrogen and oxygen atoms in total. The van der Waals surface area contributed by atoms with Crippen molar-refractivity contribution in [2.24, 2.45) is 4.99 Å². The van der Waals surface area contributed by atoms with Crippen molar-refractivity contribution < 1.29 is 27.8 Å². The van der Waals surface area contributed by atoms with E-state index < -0.39 is 17.8 Å². The molecule has 9 heteroatoms. The molecule has 0 radical (unpaired) electrons. The van der Waals surface area contributed by atoms with Crippen molar-refractivity contribution in [1.29, 1.82) is 0 Å². The lowest BCUT2D eigenvalue weighted by molar-refractivity contribution is -0.248. The fraction of sp³-hybridized carbons (Fsp3) is 0.185. The highest BCUT2D eigenvalue weighted by molar-refractivity contribution is 6.15. The molecule has 0 saturated carbocycles. The van der Waals surface area contributed by atoms with Crippen LogP contribution in [-0.4, -0.2) is 45.2 Å². The lowest BCUT2D eigenvalue weighted by Crippen LogP contribution is -2.52. The van der Waals surface area contributed by atoms with E-state index in [1.54, 1.807) is 36.5 Å². The molecule has 1 aliphatic rings. The number of aliphatic hydroxyl groups is 1. The predicted molar refractivity (Wildman–Crippen MR) is 128 cm³/mol. The van der Waals surface area contributed by atoms with Crippen molar-refractivity contribution in [3.05, 3.63) is 102 Å². The highest BCUT2D eigenvalue weighted by atomic mass is 19.4. The number of rotatable bonds is 7. The number of halogens is 3. The number of alkyl halides is 3. The Morgan fingerprint density at radius 3 is 2.39 bits per heavy atom. The summed E-state index contributed by atoms with van der Waals surface area (Å²) < 4.78 is 46.7. The Bertz CT molecular complexity index is 1420. The standard InChI is InChI=1S/C27H22F3N3O3/c28-27(29,30)26(35)25(34)33(24(32-26)19-9-5-2-6-10-19)14-13-20-16-31-23-12-11-21(15-22(20)23)36-17-18-7-3-1-4-8-18/h1-12,15-16,31,35H,13-14,17H2. The number of amidine groups is 1. The Hall–Kier alpha value is -4.11. The van der Waals surface area contributed by atoms with Gasteiger partial charge in [-0.25, -0.2) is 4.99 Å². The van der Waals surface area contributed by atoms with Crippen LogP contribution < -0.4 is 4.74 Å². The Morgan fingerprint density at radius 1 is 1.00 bits per heavy atom. The average molecular weight is 493 g/mol. The van der Waals surface area contributed by atoms with Gasteiger partial charge < -0.3 is 14.8 Å². The third-order valence-electron chi connectivity index (χ3n) is 6.09. The van der Waals surface area contributed by atoms with Gasteiger partial charge in [-0.15, -0.1) is 0 Å². The lowest BCUT2D eigenvalue weighted by Gasteiger charge is -2.23. The van der Waals surface area contributed by atoms with Crippen LogP contribution in [0.5, 0.6) is 5.75 Å². The van der Waals surface area contributed by atoms with E-state index in [2.05, 4.69) is 9.98 Å². The normalized spacial score (nSPS) is 18.1. The van der Waals surface area contributed by atoms with Crippen molar-refractivity contribution in [2.75, 3.05) is 6.54 Å². The second kappa shape index (κ2) is 9.16. The Kier molecular flexibility index (Phi) is 6.01. The van der Waals surface area contributed by atoms with E-state index in [0.29, 0.717) is 17.9 Å². The van der Waals surface area contributed by atoms with Crippen LogP contribution in [0.3, 0.4) is 0 Å². The number of hydrogen-bond acceptors (Lipinski definition) is 4. The summed E-state index contributed by atoms with van der Waals surface area (Å²) in [4.78, 5) is 20.3. The molecule has 0 aliphatic carbocycles. The summed E-state index contributed by atoms with van der Waals surface area (Å²) in [5.41, 5.74) is -0.867. The molecule has 4 aromatic rings. The van der Waals surface area contributed by atoms with Gasteiger partial charge in [0.25, 0.3) is 5.91 Å². The summed E-state index contributed by atoms with van der Waals surface area (Å²) in [5.74, 6) is -1.09. The predicted octanol–water partition coefficient (Wildman–Crippen LogP) is 4.83. The molecule has 184 valence electrons. The number of nitrogens with zero attached hydrogens (tertiary/aromatic N) is 2. The van der Waals surface area contributed by atoms with Gasteiger partial charge in [-0.2, -0.15) is 13.2 Å². The highest BCUT2D eigenvalue weighted by Crippen LogP contribution is 2.38. The zero-order valence-electron chi connectivity index (χ0n) is 19.0. The van der Waals surface area contributed by atoms with Gasteiger partial charge in [-0.1, -0.05) is 60.7 Å². The molecule has 1 unspecified atom stereocenters. The van der Waals surface area contributed by atoms with Gasteiger partial charge in [0.1, 0.15) is 18.2 Å². The first kappa shape index (κ1) is 23.6. The maximum Gasteiger partial charge on any atom is 0.448 e. The van der Waals surface area contributed by atoms with Crippen LogP contribution in [0.1, 0.15) is 16.7 Å². The van der Waals surface area contributed by atoms with Crippen molar-refractivity contribution in [3.63, 3.8) is 0 Å². The molecular formula is C27H22F3N3O3. The maximum absolute atomic E-state index is 13.6. The zero-order chi connectivity index (χ0) is 25.3. The Labute approximate surface area is 204 Å². The van der Waals surface area contributed by atoms with Crippen molar-refractivity contribution in [3.8, 4) is 5.75 Å². The number of benzene rings is 3. The number of fused-ring (bicyclic) bond motifs is 1. The minimum atomic E-state index is -5.25. The minimum Gasteiger partial charge on any atom is -0.489 e. The van der Waals surface area contributed by atoms with Crippen LogP contribution in [0, 0.1) is 0 Å². The molecule has 1 aliphatic heterocycles. The number of ether oxygens (including phenoxy) is 1. The average Bonchev–Trinajstić information content (AvgIpc) is 3.40. The van der Waals surface area contributed by atoms with Crippen LogP contribution in [0.25, 0.3) is 10.9 Å². The van der Waals surface area contributed by atoms with E-state index in [9.17, 15) is 23.1 Å². The summed E-state index contributed by atoms with van der Waals surface area (Å²) in [7, 11) is 0. The number of carbonyl (C=O) groups excluding carboxylic acids is 1. The van der Waals surface area contributed by atoms with Gasteiger partial charge in [0.2, 0.25) is 0 Å². The second-order valence-electron chi connectivity index (χ2n) is 8.47. The Morgan fingerprint density at radius 2 is 1.69 bits per heavy atom. The summed E-state index contributed by atoms with van der Waals surface area (Å²) >= 11 is 0. The van der Waals surface area contributed by atoms with E-state index in [4.69, 9.17) is 4.74 Å². The van der Waals surface area contributed by atoms with E-state index in [1.807, 2.05) is 48.5 Å². The van der Waals surface area contributed by atoms with Crippen LogP contribution in [0.4, 0.5) is 13.2 Å². The topological polar surface area (TPSA) is 77.9 Å². The first-order chi connectivity index (χ1) is 17.3. The van der Waals surface area contributed by atoms with Crippen LogP contribution in [-0.2, 0) is 17.8 Å². The number of carbonyl (C=O) groups is 1. The van der Waals surface area contributed by atoms with E-state index >= 15 is 0 Å². The van der Waals surface area contributed by atoms with Gasteiger partial charge in [0, 0.05) is 29.2 Å². The largest absolute Gasteiger partial charge is 0.489 e. The number of aromatic nitrogens is 1. The van der Waals surface area contributed by atoms with Crippen molar-refractivity contribution in [1.82, 2.24) is 9.88 Å². The van der Waals surface area contributed by atoms with E-state index in [0.717, 1.165) is 26.9 Å². The summed E-state index contributed by atoms with van der Waals surface area (Å²) in [5, 5.41) is 11.0. The molecule has 0 saturated heterocycles. The zero-order valence-corrected chi connectivity index (χ0v) is 19.0. The molecular weight excluding hydrogens is 471 g/mol. The molecule has 0 spiro atoms. The molecule has 1 aromatic heterocycles. The van der Waals surface area contributed by atoms with Gasteiger partial charge in [0.05, 0.1) is 0 Å². The monoisotopic (exact) mass is 493 g/mol.